The van der Waals surface area contributed by atoms with Crippen molar-refractivity contribution in [3.05, 3.63) is 40.5 Å². The standard InChI is InChI=1S/C21H29N3O2S/c1-7-16(8-2)13-23-24-19(14-27-21(24)22-12-15(3)4)18-10-9-17(25-5)11-20(18)26-6/h9-11,13-14,16H,3,7-8,12H2,1-2,4-6H3. The predicted octanol–water partition coefficient (Wildman–Crippen LogP) is 4.98. The van der Waals surface area contributed by atoms with Gasteiger partial charge in [-0.2, -0.15) is 5.10 Å². The van der Waals surface area contributed by atoms with E-state index in [-0.39, 0.29) is 0 Å². The third-order valence-electron chi connectivity index (χ3n) is 4.30. The maximum atomic E-state index is 5.59. The second-order valence-corrected chi connectivity index (χ2v) is 7.23. The van der Waals surface area contributed by atoms with Crippen molar-refractivity contribution in [1.29, 1.82) is 0 Å². The molecule has 0 saturated carbocycles. The monoisotopic (exact) mass is 387 g/mol. The summed E-state index contributed by atoms with van der Waals surface area (Å²) in [7, 11) is 3.31. The highest BCUT2D eigenvalue weighted by atomic mass is 32.1. The summed E-state index contributed by atoms with van der Waals surface area (Å²) in [4.78, 5) is 5.51. The van der Waals surface area contributed by atoms with Gasteiger partial charge in [-0.1, -0.05) is 26.0 Å². The molecule has 0 aliphatic heterocycles. The van der Waals surface area contributed by atoms with Crippen molar-refractivity contribution in [2.45, 2.75) is 33.6 Å². The van der Waals surface area contributed by atoms with Crippen molar-refractivity contribution in [2.75, 3.05) is 20.8 Å². The Bertz CT molecular complexity index is 861. The number of nitrogens with zero attached hydrogens (tertiary/aromatic N) is 3. The zero-order valence-electron chi connectivity index (χ0n) is 16.9. The number of hydrogen-bond donors (Lipinski definition) is 0. The van der Waals surface area contributed by atoms with Gasteiger partial charge in [0.05, 0.1) is 26.5 Å². The summed E-state index contributed by atoms with van der Waals surface area (Å²) < 4.78 is 12.8. The van der Waals surface area contributed by atoms with Crippen LogP contribution in [0.4, 0.5) is 0 Å². The fraction of sp³-hybridized carbons (Fsp3) is 0.429. The van der Waals surface area contributed by atoms with Crippen LogP contribution in [-0.2, 0) is 0 Å². The molecule has 0 amide bonds. The summed E-state index contributed by atoms with van der Waals surface area (Å²) in [5.74, 6) is 1.94. The highest BCUT2D eigenvalue weighted by Gasteiger charge is 2.14. The summed E-state index contributed by atoms with van der Waals surface area (Å²) in [5.41, 5.74) is 2.91. The van der Waals surface area contributed by atoms with Crippen LogP contribution in [0, 0.1) is 5.92 Å². The van der Waals surface area contributed by atoms with Gasteiger partial charge in [0.2, 0.25) is 4.80 Å². The number of aromatic nitrogens is 1. The number of ether oxygens (including phenoxy) is 2. The largest absolute Gasteiger partial charge is 0.497 e. The van der Waals surface area contributed by atoms with Gasteiger partial charge in [-0.25, -0.2) is 4.68 Å². The number of methoxy groups -OCH3 is 2. The Morgan fingerprint density at radius 1 is 1.26 bits per heavy atom. The fourth-order valence-electron chi connectivity index (χ4n) is 2.58. The van der Waals surface area contributed by atoms with E-state index in [1.807, 2.05) is 36.0 Å². The minimum Gasteiger partial charge on any atom is -0.497 e. The van der Waals surface area contributed by atoms with Crippen LogP contribution in [-0.4, -0.2) is 31.7 Å². The van der Waals surface area contributed by atoms with E-state index in [9.17, 15) is 0 Å². The van der Waals surface area contributed by atoms with Crippen molar-refractivity contribution in [2.24, 2.45) is 16.0 Å². The van der Waals surface area contributed by atoms with E-state index >= 15 is 0 Å². The van der Waals surface area contributed by atoms with Crippen LogP contribution >= 0.6 is 11.3 Å². The molecular formula is C21H29N3O2S. The van der Waals surface area contributed by atoms with Gasteiger partial charge in [0.25, 0.3) is 0 Å². The molecule has 0 saturated heterocycles. The van der Waals surface area contributed by atoms with Crippen LogP contribution in [0.5, 0.6) is 11.5 Å². The first-order valence-corrected chi connectivity index (χ1v) is 10.0. The molecule has 0 atom stereocenters. The third-order valence-corrected chi connectivity index (χ3v) is 5.15. The SMILES string of the molecule is C=C(C)CN=c1scc(-c2ccc(OC)cc2OC)n1N=CC(CC)CC. The van der Waals surface area contributed by atoms with Gasteiger partial charge < -0.3 is 9.47 Å². The summed E-state index contributed by atoms with van der Waals surface area (Å²) >= 11 is 1.56. The lowest BCUT2D eigenvalue weighted by Gasteiger charge is -2.11. The van der Waals surface area contributed by atoms with Crippen LogP contribution < -0.4 is 14.3 Å². The molecule has 0 unspecified atom stereocenters. The van der Waals surface area contributed by atoms with E-state index in [2.05, 4.69) is 30.8 Å². The number of hydrogen-bond acceptors (Lipinski definition) is 5. The van der Waals surface area contributed by atoms with Crippen LogP contribution in [0.15, 0.2) is 45.8 Å². The van der Waals surface area contributed by atoms with Gasteiger partial charge in [0, 0.05) is 23.2 Å². The van der Waals surface area contributed by atoms with E-state index in [4.69, 9.17) is 14.6 Å². The second-order valence-electron chi connectivity index (χ2n) is 6.40. The predicted molar refractivity (Wildman–Crippen MR) is 114 cm³/mol. The fourth-order valence-corrected chi connectivity index (χ4v) is 3.41. The zero-order chi connectivity index (χ0) is 19.8. The number of rotatable bonds is 9. The van der Waals surface area contributed by atoms with Gasteiger partial charge in [-0.05, 0) is 37.8 Å². The lowest BCUT2D eigenvalue weighted by atomic mass is 10.1. The van der Waals surface area contributed by atoms with Crippen LogP contribution in [0.25, 0.3) is 11.3 Å². The van der Waals surface area contributed by atoms with E-state index in [0.29, 0.717) is 12.5 Å². The molecule has 0 radical (unpaired) electrons. The summed E-state index contributed by atoms with van der Waals surface area (Å²) in [6.45, 7) is 10.9. The molecule has 0 N–H and O–H groups in total. The first kappa shape index (κ1) is 21.0. The Balaban J connectivity index is 2.60. The van der Waals surface area contributed by atoms with Crippen molar-refractivity contribution < 1.29 is 9.47 Å². The molecule has 5 nitrogen and oxygen atoms in total. The second kappa shape index (κ2) is 10.1. The molecule has 2 rings (SSSR count). The summed E-state index contributed by atoms with van der Waals surface area (Å²) in [6.07, 6.45) is 4.14. The van der Waals surface area contributed by atoms with Gasteiger partial charge in [-0.15, -0.1) is 11.3 Å². The molecule has 1 aromatic heterocycles. The van der Waals surface area contributed by atoms with Crippen LogP contribution in [0.1, 0.15) is 33.6 Å². The first-order chi connectivity index (χ1) is 13.0. The minimum absolute atomic E-state index is 0.442. The van der Waals surface area contributed by atoms with Crippen molar-refractivity contribution in [1.82, 2.24) is 4.68 Å². The van der Waals surface area contributed by atoms with Gasteiger partial charge >= 0.3 is 0 Å². The quantitative estimate of drug-likeness (QED) is 0.450. The van der Waals surface area contributed by atoms with Gasteiger partial charge in [0.15, 0.2) is 0 Å². The highest BCUT2D eigenvalue weighted by Crippen LogP contribution is 2.33. The van der Waals surface area contributed by atoms with E-state index in [0.717, 1.165) is 46.0 Å². The minimum atomic E-state index is 0.442. The highest BCUT2D eigenvalue weighted by molar-refractivity contribution is 7.07. The molecule has 0 fully saturated rings. The molecule has 1 heterocycles. The Hall–Kier alpha value is -2.34. The first-order valence-electron chi connectivity index (χ1n) is 9.16. The molecule has 0 bridgehead atoms. The maximum Gasteiger partial charge on any atom is 0.206 e. The number of benzene rings is 1. The van der Waals surface area contributed by atoms with Gasteiger partial charge in [-0.3, -0.25) is 4.99 Å². The Kier molecular flexibility index (Phi) is 7.85. The Morgan fingerprint density at radius 3 is 2.59 bits per heavy atom. The Labute approximate surface area is 165 Å². The van der Waals surface area contributed by atoms with E-state index < -0.39 is 0 Å². The molecular weight excluding hydrogens is 358 g/mol. The summed E-state index contributed by atoms with van der Waals surface area (Å²) in [5, 5.41) is 6.83. The molecule has 0 aliphatic rings. The molecule has 0 aliphatic carbocycles. The molecule has 6 heteroatoms. The van der Waals surface area contributed by atoms with Crippen LogP contribution in [0.2, 0.25) is 0 Å². The van der Waals surface area contributed by atoms with Gasteiger partial charge in [0.1, 0.15) is 11.5 Å². The zero-order valence-corrected chi connectivity index (χ0v) is 17.7. The molecule has 0 spiro atoms. The lowest BCUT2D eigenvalue weighted by Crippen LogP contribution is -2.14. The Morgan fingerprint density at radius 2 is 2.00 bits per heavy atom. The van der Waals surface area contributed by atoms with E-state index in [1.54, 1.807) is 25.6 Å². The maximum absolute atomic E-state index is 5.59. The molecule has 146 valence electrons. The smallest absolute Gasteiger partial charge is 0.206 e. The molecule has 27 heavy (non-hydrogen) atoms. The van der Waals surface area contributed by atoms with Crippen LogP contribution in [0.3, 0.4) is 0 Å². The van der Waals surface area contributed by atoms with Crippen molar-refractivity contribution in [3.63, 3.8) is 0 Å². The van der Waals surface area contributed by atoms with E-state index in [1.165, 1.54) is 0 Å². The number of thiazole rings is 1. The normalized spacial score (nSPS) is 12.1. The molecule has 2 aromatic rings. The average Bonchev–Trinajstić information content (AvgIpc) is 3.09. The topological polar surface area (TPSA) is 48.1 Å². The van der Waals surface area contributed by atoms with Crippen molar-refractivity contribution in [3.8, 4) is 22.8 Å². The lowest BCUT2D eigenvalue weighted by molar-refractivity contribution is 0.395. The van der Waals surface area contributed by atoms with Crippen molar-refractivity contribution >= 4 is 17.6 Å². The molecule has 1 aromatic carbocycles. The summed E-state index contributed by atoms with van der Waals surface area (Å²) in [6, 6.07) is 5.80. The average molecular weight is 388 g/mol. The third kappa shape index (κ3) is 5.32.